The zero-order chi connectivity index (χ0) is 11.3. The quantitative estimate of drug-likeness (QED) is 0.907. The van der Waals surface area contributed by atoms with Gasteiger partial charge in [0.05, 0.1) is 12.0 Å². The highest BCUT2D eigenvalue weighted by Crippen LogP contribution is 2.53. The van der Waals surface area contributed by atoms with Crippen molar-refractivity contribution in [3.05, 3.63) is 27.7 Å². The number of rotatable bonds is 2. The number of carboxylic acids is 1. The predicted octanol–water partition coefficient (Wildman–Crippen LogP) is 2.50. The topological polar surface area (TPSA) is 46.5 Å². The van der Waals surface area contributed by atoms with E-state index in [0.717, 1.165) is 27.8 Å². The second-order valence-corrected chi connectivity index (χ2v) is 5.34. The molecular formula is C12H11BrO3. The van der Waals surface area contributed by atoms with E-state index in [1.165, 1.54) is 0 Å². The van der Waals surface area contributed by atoms with Crippen LogP contribution in [-0.4, -0.2) is 17.7 Å². The highest BCUT2D eigenvalue weighted by molar-refractivity contribution is 9.10. The molecule has 3 nitrogen and oxygen atoms in total. The van der Waals surface area contributed by atoms with Crippen LogP contribution in [0.3, 0.4) is 0 Å². The number of hydrogen-bond acceptors (Lipinski definition) is 2. The molecule has 1 N–H and O–H groups in total. The van der Waals surface area contributed by atoms with Crippen LogP contribution >= 0.6 is 15.9 Å². The molecule has 0 aromatic heterocycles. The van der Waals surface area contributed by atoms with Gasteiger partial charge in [0.1, 0.15) is 5.75 Å². The molecule has 0 spiro atoms. The molecule has 1 aromatic carbocycles. The van der Waals surface area contributed by atoms with Gasteiger partial charge >= 0.3 is 5.97 Å². The molecule has 0 radical (unpaired) electrons. The van der Waals surface area contributed by atoms with Crippen molar-refractivity contribution in [2.24, 2.45) is 0 Å². The van der Waals surface area contributed by atoms with Crippen LogP contribution in [0.25, 0.3) is 0 Å². The lowest BCUT2D eigenvalue weighted by Crippen LogP contribution is -2.20. The van der Waals surface area contributed by atoms with Crippen LogP contribution in [0.15, 0.2) is 16.6 Å². The van der Waals surface area contributed by atoms with Gasteiger partial charge in [-0.2, -0.15) is 0 Å². The number of hydrogen-bond donors (Lipinski definition) is 1. The number of carboxylic acid groups (broad SMARTS) is 1. The van der Waals surface area contributed by atoms with Crippen molar-refractivity contribution < 1.29 is 14.6 Å². The Morgan fingerprint density at radius 2 is 2.19 bits per heavy atom. The third-order valence-electron chi connectivity index (χ3n) is 3.42. The predicted molar refractivity (Wildman–Crippen MR) is 61.9 cm³/mol. The molecule has 0 bridgehead atoms. The zero-order valence-corrected chi connectivity index (χ0v) is 10.2. The summed E-state index contributed by atoms with van der Waals surface area (Å²) in [6.07, 6.45) is 2.31. The van der Waals surface area contributed by atoms with Crippen LogP contribution in [0.2, 0.25) is 0 Å². The van der Waals surface area contributed by atoms with Gasteiger partial charge in [-0.3, -0.25) is 4.79 Å². The van der Waals surface area contributed by atoms with E-state index in [-0.39, 0.29) is 0 Å². The van der Waals surface area contributed by atoms with Crippen LogP contribution < -0.4 is 4.74 Å². The molecule has 1 saturated carbocycles. The molecule has 1 aliphatic heterocycles. The van der Waals surface area contributed by atoms with Gasteiger partial charge in [-0.25, -0.2) is 0 Å². The fourth-order valence-corrected chi connectivity index (χ4v) is 2.85. The largest absolute Gasteiger partial charge is 0.493 e. The molecule has 3 rings (SSSR count). The first-order valence-corrected chi connectivity index (χ1v) is 6.12. The van der Waals surface area contributed by atoms with Gasteiger partial charge in [0, 0.05) is 16.5 Å². The summed E-state index contributed by atoms with van der Waals surface area (Å²) in [5, 5.41) is 9.31. The Hall–Kier alpha value is -1.03. The minimum Gasteiger partial charge on any atom is -0.493 e. The third-order valence-corrected chi connectivity index (χ3v) is 3.88. The monoisotopic (exact) mass is 282 g/mol. The lowest BCUT2D eigenvalue weighted by Gasteiger charge is -2.15. The molecule has 4 heteroatoms. The number of benzene rings is 1. The summed E-state index contributed by atoms with van der Waals surface area (Å²) in [6.45, 7) is 0.661. The molecule has 2 aliphatic rings. The van der Waals surface area contributed by atoms with Crippen molar-refractivity contribution in [2.75, 3.05) is 6.61 Å². The SMILES string of the molecule is O=C(O)C1(c2cc(Br)cc3c2OCC3)CC1. The van der Waals surface area contributed by atoms with E-state index < -0.39 is 11.4 Å². The maximum Gasteiger partial charge on any atom is 0.314 e. The Labute approximate surface area is 102 Å². The number of carbonyl (C=O) groups is 1. The fourth-order valence-electron chi connectivity index (χ4n) is 2.35. The van der Waals surface area contributed by atoms with Gasteiger partial charge in [0.15, 0.2) is 0 Å². The average Bonchev–Trinajstić information content (AvgIpc) is 2.91. The van der Waals surface area contributed by atoms with Crippen LogP contribution in [0, 0.1) is 0 Å². The number of fused-ring (bicyclic) bond motifs is 1. The number of ether oxygens (including phenoxy) is 1. The summed E-state index contributed by atoms with van der Waals surface area (Å²) in [5.41, 5.74) is 1.29. The van der Waals surface area contributed by atoms with E-state index in [1.54, 1.807) is 0 Å². The standard InChI is InChI=1S/C12H11BrO3/c13-8-5-7-1-4-16-10(7)9(6-8)12(2-3-12)11(14)15/h5-6H,1-4H2,(H,14,15). The molecular weight excluding hydrogens is 272 g/mol. The maximum absolute atomic E-state index is 11.3. The van der Waals surface area contributed by atoms with Gasteiger partial charge in [-0.05, 0) is 30.5 Å². The second-order valence-electron chi connectivity index (χ2n) is 4.43. The van der Waals surface area contributed by atoms with Gasteiger partial charge in [0.25, 0.3) is 0 Å². The van der Waals surface area contributed by atoms with Crippen molar-refractivity contribution >= 4 is 21.9 Å². The normalized spacial score (nSPS) is 20.1. The highest BCUT2D eigenvalue weighted by atomic mass is 79.9. The number of aliphatic carboxylic acids is 1. The van der Waals surface area contributed by atoms with Crippen molar-refractivity contribution in [3.63, 3.8) is 0 Å². The lowest BCUT2D eigenvalue weighted by atomic mass is 9.93. The first-order valence-electron chi connectivity index (χ1n) is 5.32. The fraction of sp³-hybridized carbons (Fsp3) is 0.417. The van der Waals surface area contributed by atoms with Crippen LogP contribution in [0.1, 0.15) is 24.0 Å². The molecule has 0 saturated heterocycles. The van der Waals surface area contributed by atoms with E-state index in [1.807, 2.05) is 12.1 Å². The first-order chi connectivity index (χ1) is 7.63. The second kappa shape index (κ2) is 3.23. The Balaban J connectivity index is 2.18. The Bertz CT molecular complexity index is 477. The van der Waals surface area contributed by atoms with Crippen LogP contribution in [-0.2, 0) is 16.6 Å². The van der Waals surface area contributed by atoms with Gasteiger partial charge in [-0.15, -0.1) is 0 Å². The third kappa shape index (κ3) is 1.29. The van der Waals surface area contributed by atoms with Gasteiger partial charge in [-0.1, -0.05) is 15.9 Å². The van der Waals surface area contributed by atoms with Crippen LogP contribution in [0.4, 0.5) is 0 Å². The maximum atomic E-state index is 11.3. The van der Waals surface area contributed by atoms with E-state index in [4.69, 9.17) is 4.74 Å². The number of halogens is 1. The van der Waals surface area contributed by atoms with E-state index in [0.29, 0.717) is 19.4 Å². The Morgan fingerprint density at radius 1 is 1.44 bits per heavy atom. The summed E-state index contributed by atoms with van der Waals surface area (Å²) < 4.78 is 6.52. The lowest BCUT2D eigenvalue weighted by molar-refractivity contribution is -0.140. The van der Waals surface area contributed by atoms with Gasteiger partial charge < -0.3 is 9.84 Å². The minimum absolute atomic E-state index is 0.661. The molecule has 1 heterocycles. The molecule has 0 unspecified atom stereocenters. The molecule has 1 aromatic rings. The zero-order valence-electron chi connectivity index (χ0n) is 8.62. The molecule has 0 atom stereocenters. The van der Waals surface area contributed by atoms with Gasteiger partial charge in [0.2, 0.25) is 0 Å². The Morgan fingerprint density at radius 3 is 2.81 bits per heavy atom. The minimum atomic E-state index is -0.733. The Kier molecular flexibility index (Phi) is 2.05. The molecule has 16 heavy (non-hydrogen) atoms. The molecule has 1 fully saturated rings. The van der Waals surface area contributed by atoms with Crippen molar-refractivity contribution in [2.45, 2.75) is 24.7 Å². The molecule has 1 aliphatic carbocycles. The summed E-state index contributed by atoms with van der Waals surface area (Å²) in [6, 6.07) is 3.91. The van der Waals surface area contributed by atoms with Crippen molar-refractivity contribution in [1.29, 1.82) is 0 Å². The average molecular weight is 283 g/mol. The smallest absolute Gasteiger partial charge is 0.314 e. The molecule has 84 valence electrons. The van der Waals surface area contributed by atoms with Crippen LogP contribution in [0.5, 0.6) is 5.75 Å². The summed E-state index contributed by atoms with van der Waals surface area (Å²) in [5.74, 6) is 0.0754. The molecule has 0 amide bonds. The summed E-state index contributed by atoms with van der Waals surface area (Å²) in [7, 11) is 0. The first kappa shape index (κ1) is 10.1. The van der Waals surface area contributed by atoms with Crippen molar-refractivity contribution in [3.8, 4) is 5.75 Å². The van der Waals surface area contributed by atoms with Crippen molar-refractivity contribution in [1.82, 2.24) is 0 Å². The van der Waals surface area contributed by atoms with E-state index in [2.05, 4.69) is 15.9 Å². The summed E-state index contributed by atoms with van der Waals surface area (Å²) in [4.78, 5) is 11.3. The van der Waals surface area contributed by atoms with E-state index in [9.17, 15) is 9.90 Å². The highest BCUT2D eigenvalue weighted by Gasteiger charge is 2.54. The van der Waals surface area contributed by atoms with E-state index >= 15 is 0 Å². The summed E-state index contributed by atoms with van der Waals surface area (Å²) >= 11 is 3.44.